The van der Waals surface area contributed by atoms with E-state index in [0.29, 0.717) is 19.3 Å². The number of hydrogen-bond donors (Lipinski definition) is 8. The van der Waals surface area contributed by atoms with Gasteiger partial charge in [-0.2, -0.15) is 0 Å². The maximum atomic E-state index is 13.1. The summed E-state index contributed by atoms with van der Waals surface area (Å²) in [7, 11) is 0. The molecule has 8 N–H and O–H groups in total. The van der Waals surface area contributed by atoms with E-state index < -0.39 is 74.2 Å². The molecule has 0 bridgehead atoms. The highest BCUT2D eigenvalue weighted by Gasteiger charge is 2.44. The number of carbonyl (C=O) groups excluding carboxylic acids is 1. The lowest BCUT2D eigenvalue weighted by Gasteiger charge is -2.40. The smallest absolute Gasteiger partial charge is 0.249 e. The SMILES string of the molecule is CCCCC/C=C\CCCCCCC(O)C(=O)NC(COC1OC(CO)C(O)C(O)C1O)C(O)C(O)CCCCCCCCCCCCCCCCCCCCCCCC. The summed E-state index contributed by atoms with van der Waals surface area (Å²) in [5.74, 6) is -0.706. The van der Waals surface area contributed by atoms with Gasteiger partial charge in [0, 0.05) is 0 Å². The largest absolute Gasteiger partial charge is 0.394 e. The first-order chi connectivity index (χ1) is 29.2. The minimum Gasteiger partial charge on any atom is -0.394 e. The molecule has 0 aromatic heterocycles. The zero-order valence-electron chi connectivity index (χ0n) is 38.5. The Morgan fingerprint density at radius 3 is 1.43 bits per heavy atom. The highest BCUT2D eigenvalue weighted by molar-refractivity contribution is 5.80. The monoisotopic (exact) mass is 858 g/mol. The molecular formula is C49H95NO10. The lowest BCUT2D eigenvalue weighted by Crippen LogP contribution is -2.60. The lowest BCUT2D eigenvalue weighted by molar-refractivity contribution is -0.303. The summed E-state index contributed by atoms with van der Waals surface area (Å²) in [4.78, 5) is 13.1. The Bertz CT molecular complexity index is 986. The van der Waals surface area contributed by atoms with Gasteiger partial charge in [-0.15, -0.1) is 0 Å². The molecule has 0 saturated carbocycles. The van der Waals surface area contributed by atoms with Crippen LogP contribution in [0, 0.1) is 0 Å². The van der Waals surface area contributed by atoms with E-state index in [9.17, 15) is 40.5 Å². The molecule has 0 aliphatic carbocycles. The molecule has 356 valence electrons. The van der Waals surface area contributed by atoms with E-state index in [0.717, 1.165) is 51.4 Å². The molecule has 1 rings (SSSR count). The van der Waals surface area contributed by atoms with Gasteiger partial charge in [0.1, 0.15) is 36.6 Å². The molecule has 1 amide bonds. The molecule has 11 heteroatoms. The van der Waals surface area contributed by atoms with Gasteiger partial charge in [0.05, 0.1) is 25.4 Å². The van der Waals surface area contributed by atoms with Gasteiger partial charge < -0.3 is 50.5 Å². The van der Waals surface area contributed by atoms with E-state index in [2.05, 4.69) is 31.3 Å². The Labute approximate surface area is 366 Å². The molecule has 1 aliphatic rings. The van der Waals surface area contributed by atoms with Gasteiger partial charge in [0.2, 0.25) is 5.91 Å². The summed E-state index contributed by atoms with van der Waals surface area (Å²) < 4.78 is 11.1. The molecule has 0 aromatic rings. The van der Waals surface area contributed by atoms with Crippen LogP contribution in [-0.2, 0) is 14.3 Å². The van der Waals surface area contributed by atoms with Crippen LogP contribution in [0.25, 0.3) is 0 Å². The summed E-state index contributed by atoms with van der Waals surface area (Å²) >= 11 is 0. The van der Waals surface area contributed by atoms with Gasteiger partial charge in [-0.1, -0.05) is 199 Å². The van der Waals surface area contributed by atoms with Crippen molar-refractivity contribution >= 4 is 5.91 Å². The standard InChI is InChI=1S/C49H95NO10/c1-3-5-7-9-11-13-15-16-17-18-19-20-21-22-23-24-25-27-28-30-32-34-36-41(52)44(54)40(39-59-49-47(57)46(56)45(55)43(38-51)60-49)50-48(58)42(53)37-35-33-31-29-26-14-12-10-8-6-4-2/h12,14,40-47,49,51-57H,3-11,13,15-39H2,1-2H3,(H,50,58)/b14-12-. The predicted octanol–water partition coefficient (Wildman–Crippen LogP) is 8.84. The second-order valence-corrected chi connectivity index (χ2v) is 17.9. The molecule has 9 atom stereocenters. The van der Waals surface area contributed by atoms with E-state index in [1.54, 1.807) is 0 Å². The lowest BCUT2D eigenvalue weighted by atomic mass is 9.98. The molecule has 0 radical (unpaired) electrons. The zero-order valence-corrected chi connectivity index (χ0v) is 38.5. The average Bonchev–Trinajstić information content (AvgIpc) is 3.25. The second kappa shape index (κ2) is 39.4. The third-order valence-corrected chi connectivity index (χ3v) is 12.3. The number of amides is 1. The number of nitrogens with one attached hydrogen (secondary N) is 1. The quantitative estimate of drug-likeness (QED) is 0.0218. The van der Waals surface area contributed by atoms with Gasteiger partial charge in [0.25, 0.3) is 0 Å². The number of ether oxygens (including phenoxy) is 2. The van der Waals surface area contributed by atoms with Crippen molar-refractivity contribution in [2.24, 2.45) is 0 Å². The summed E-state index contributed by atoms with van der Waals surface area (Å²) in [5, 5.41) is 75.7. The minimum atomic E-state index is -1.66. The zero-order chi connectivity index (χ0) is 44.1. The predicted molar refractivity (Wildman–Crippen MR) is 243 cm³/mol. The number of rotatable bonds is 42. The van der Waals surface area contributed by atoms with E-state index in [1.165, 1.54) is 135 Å². The van der Waals surface area contributed by atoms with Gasteiger partial charge in [-0.3, -0.25) is 4.79 Å². The van der Waals surface area contributed by atoms with Crippen molar-refractivity contribution in [2.45, 2.75) is 281 Å². The maximum absolute atomic E-state index is 13.1. The molecule has 0 spiro atoms. The molecule has 0 aromatic carbocycles. The van der Waals surface area contributed by atoms with Crippen molar-refractivity contribution in [2.75, 3.05) is 13.2 Å². The molecule has 1 heterocycles. The second-order valence-electron chi connectivity index (χ2n) is 17.9. The molecule has 1 saturated heterocycles. The van der Waals surface area contributed by atoms with Crippen LogP contribution in [0.15, 0.2) is 12.2 Å². The fraction of sp³-hybridized carbons (Fsp3) is 0.939. The van der Waals surface area contributed by atoms with Crippen LogP contribution in [-0.4, -0.2) is 110 Å². The Morgan fingerprint density at radius 1 is 0.567 bits per heavy atom. The van der Waals surface area contributed by atoms with Crippen LogP contribution in [0.2, 0.25) is 0 Å². The first-order valence-corrected chi connectivity index (χ1v) is 25.1. The topological polar surface area (TPSA) is 189 Å². The Kier molecular flexibility index (Phi) is 37.4. The minimum absolute atomic E-state index is 0.247. The Morgan fingerprint density at radius 2 is 0.967 bits per heavy atom. The average molecular weight is 858 g/mol. The van der Waals surface area contributed by atoms with Gasteiger partial charge in [0.15, 0.2) is 6.29 Å². The summed E-state index contributed by atoms with van der Waals surface area (Å²) in [6.45, 7) is 3.42. The molecule has 60 heavy (non-hydrogen) atoms. The van der Waals surface area contributed by atoms with Crippen LogP contribution < -0.4 is 5.32 Å². The highest BCUT2D eigenvalue weighted by atomic mass is 16.7. The van der Waals surface area contributed by atoms with Crippen LogP contribution in [0.1, 0.15) is 226 Å². The Hall–Kier alpha value is -1.15. The number of aliphatic hydroxyl groups is 7. The van der Waals surface area contributed by atoms with E-state index >= 15 is 0 Å². The maximum Gasteiger partial charge on any atom is 0.249 e. The van der Waals surface area contributed by atoms with Crippen LogP contribution in [0.5, 0.6) is 0 Å². The summed E-state index contributed by atoms with van der Waals surface area (Å²) in [6.07, 6.45) is 31.3. The van der Waals surface area contributed by atoms with E-state index in [-0.39, 0.29) is 6.42 Å². The van der Waals surface area contributed by atoms with E-state index in [1.807, 2.05) is 0 Å². The van der Waals surface area contributed by atoms with Gasteiger partial charge in [-0.05, 0) is 38.5 Å². The van der Waals surface area contributed by atoms with Crippen molar-refractivity contribution in [3.63, 3.8) is 0 Å². The molecule has 11 nitrogen and oxygen atoms in total. The summed E-state index contributed by atoms with van der Waals surface area (Å²) in [6, 6.07) is -1.17. The third-order valence-electron chi connectivity index (χ3n) is 12.3. The number of carbonyl (C=O) groups is 1. The normalized spacial score (nSPS) is 21.6. The summed E-state index contributed by atoms with van der Waals surface area (Å²) in [5.41, 5.74) is 0. The number of aliphatic hydroxyl groups excluding tert-OH is 7. The van der Waals surface area contributed by atoms with Crippen molar-refractivity contribution in [3.05, 3.63) is 12.2 Å². The number of unbranched alkanes of at least 4 members (excludes halogenated alkanes) is 28. The van der Waals surface area contributed by atoms with Crippen molar-refractivity contribution in [1.29, 1.82) is 0 Å². The highest BCUT2D eigenvalue weighted by Crippen LogP contribution is 2.23. The molecule has 1 fully saturated rings. The molecule has 9 unspecified atom stereocenters. The van der Waals surface area contributed by atoms with Crippen LogP contribution in [0.3, 0.4) is 0 Å². The molecular weight excluding hydrogens is 763 g/mol. The van der Waals surface area contributed by atoms with Crippen LogP contribution in [0.4, 0.5) is 0 Å². The van der Waals surface area contributed by atoms with Gasteiger partial charge in [-0.25, -0.2) is 0 Å². The fourth-order valence-corrected chi connectivity index (χ4v) is 8.14. The Balaban J connectivity index is 2.35. The first kappa shape index (κ1) is 56.9. The number of allylic oxidation sites excluding steroid dienone is 2. The number of hydrogen-bond acceptors (Lipinski definition) is 10. The van der Waals surface area contributed by atoms with Crippen molar-refractivity contribution in [3.8, 4) is 0 Å². The van der Waals surface area contributed by atoms with Crippen molar-refractivity contribution in [1.82, 2.24) is 5.32 Å². The van der Waals surface area contributed by atoms with E-state index in [4.69, 9.17) is 9.47 Å². The fourth-order valence-electron chi connectivity index (χ4n) is 8.14. The third kappa shape index (κ3) is 28.5. The van der Waals surface area contributed by atoms with Gasteiger partial charge >= 0.3 is 0 Å². The van der Waals surface area contributed by atoms with Crippen LogP contribution >= 0.6 is 0 Å². The molecule has 1 aliphatic heterocycles. The van der Waals surface area contributed by atoms with Crippen molar-refractivity contribution < 1.29 is 50.0 Å². The first-order valence-electron chi connectivity index (χ1n) is 25.1.